The Hall–Kier alpha value is -2.17. The molecule has 0 aliphatic heterocycles. The molecule has 2 aromatic rings. The van der Waals surface area contributed by atoms with E-state index in [2.05, 4.69) is 10.3 Å². The Morgan fingerprint density at radius 1 is 1.41 bits per heavy atom. The van der Waals surface area contributed by atoms with Gasteiger partial charge < -0.3 is 9.73 Å². The summed E-state index contributed by atoms with van der Waals surface area (Å²) < 4.78 is 17.7. The Kier molecular flexibility index (Phi) is 3.18. The van der Waals surface area contributed by atoms with E-state index in [9.17, 15) is 9.18 Å². The number of nitrogens with one attached hydrogen (secondary N) is 1. The molecule has 4 nitrogen and oxygen atoms in total. The van der Waals surface area contributed by atoms with Crippen molar-refractivity contribution in [3.8, 4) is 0 Å². The maximum atomic E-state index is 12.6. The third-order valence-corrected chi connectivity index (χ3v) is 2.18. The van der Waals surface area contributed by atoms with Crippen molar-refractivity contribution in [1.29, 1.82) is 0 Å². The van der Waals surface area contributed by atoms with Crippen LogP contribution < -0.4 is 5.32 Å². The van der Waals surface area contributed by atoms with Crippen LogP contribution in [0.3, 0.4) is 0 Å². The fourth-order valence-electron chi connectivity index (χ4n) is 1.32. The first-order valence-corrected chi connectivity index (χ1v) is 5.10. The number of rotatable bonds is 3. The molecule has 0 unspecified atom stereocenters. The number of carbonyl (C=O) groups is 1. The van der Waals surface area contributed by atoms with Crippen molar-refractivity contribution in [2.45, 2.75) is 13.5 Å². The van der Waals surface area contributed by atoms with Crippen LogP contribution in [0.15, 0.2) is 34.9 Å². The summed E-state index contributed by atoms with van der Waals surface area (Å²) in [7, 11) is 0. The van der Waals surface area contributed by atoms with Gasteiger partial charge in [-0.3, -0.25) is 4.79 Å². The van der Waals surface area contributed by atoms with E-state index >= 15 is 0 Å². The lowest BCUT2D eigenvalue weighted by Gasteiger charge is -2.02. The SMILES string of the molecule is Cc1cnc(C(=O)NCc2ccc(F)cc2)o1. The molecule has 1 amide bonds. The molecule has 0 spiro atoms. The molecule has 0 bridgehead atoms. The van der Waals surface area contributed by atoms with Gasteiger partial charge >= 0.3 is 5.91 Å². The number of halogens is 1. The second-order valence-electron chi connectivity index (χ2n) is 3.59. The molecule has 2 rings (SSSR count). The zero-order valence-electron chi connectivity index (χ0n) is 9.24. The highest BCUT2D eigenvalue weighted by Crippen LogP contribution is 2.04. The molecule has 0 radical (unpaired) electrons. The summed E-state index contributed by atoms with van der Waals surface area (Å²) in [5.74, 6) is -0.0765. The van der Waals surface area contributed by atoms with Crippen LogP contribution in [0.2, 0.25) is 0 Å². The van der Waals surface area contributed by atoms with Crippen molar-refractivity contribution in [3.05, 3.63) is 53.5 Å². The molecule has 0 fully saturated rings. The Bertz CT molecular complexity index is 520. The van der Waals surface area contributed by atoms with Crippen LogP contribution in [-0.2, 0) is 6.54 Å². The predicted octanol–water partition coefficient (Wildman–Crippen LogP) is 2.05. The summed E-state index contributed by atoms with van der Waals surface area (Å²) in [5, 5.41) is 2.63. The van der Waals surface area contributed by atoms with Gasteiger partial charge in [0.25, 0.3) is 5.89 Å². The lowest BCUT2D eigenvalue weighted by Crippen LogP contribution is -2.23. The maximum absolute atomic E-state index is 12.6. The average molecular weight is 234 g/mol. The Morgan fingerprint density at radius 3 is 2.71 bits per heavy atom. The van der Waals surface area contributed by atoms with Crippen LogP contribution in [0.1, 0.15) is 22.0 Å². The average Bonchev–Trinajstić information content (AvgIpc) is 2.75. The van der Waals surface area contributed by atoms with E-state index in [4.69, 9.17) is 4.42 Å². The normalized spacial score (nSPS) is 10.2. The largest absolute Gasteiger partial charge is 0.438 e. The van der Waals surface area contributed by atoms with Gasteiger partial charge in [-0.05, 0) is 24.6 Å². The van der Waals surface area contributed by atoms with E-state index in [0.29, 0.717) is 12.3 Å². The van der Waals surface area contributed by atoms with Gasteiger partial charge in [-0.2, -0.15) is 0 Å². The first-order valence-electron chi connectivity index (χ1n) is 5.10. The van der Waals surface area contributed by atoms with Crippen LogP contribution in [0, 0.1) is 12.7 Å². The summed E-state index contributed by atoms with van der Waals surface area (Å²) in [6.07, 6.45) is 1.48. The molecule has 1 aromatic carbocycles. The second kappa shape index (κ2) is 4.78. The summed E-state index contributed by atoms with van der Waals surface area (Å²) in [4.78, 5) is 15.4. The molecular weight excluding hydrogens is 223 g/mol. The van der Waals surface area contributed by atoms with Gasteiger partial charge in [-0.25, -0.2) is 9.37 Å². The number of hydrogen-bond donors (Lipinski definition) is 1. The van der Waals surface area contributed by atoms with Crippen LogP contribution in [0.4, 0.5) is 4.39 Å². The van der Waals surface area contributed by atoms with Gasteiger partial charge in [-0.15, -0.1) is 0 Å². The monoisotopic (exact) mass is 234 g/mol. The van der Waals surface area contributed by atoms with Gasteiger partial charge in [0, 0.05) is 6.54 Å². The zero-order chi connectivity index (χ0) is 12.3. The lowest BCUT2D eigenvalue weighted by atomic mass is 10.2. The molecule has 0 aliphatic rings. The minimum absolute atomic E-state index is 0.0320. The summed E-state index contributed by atoms with van der Waals surface area (Å²) in [6, 6.07) is 5.90. The molecule has 0 saturated heterocycles. The number of amides is 1. The van der Waals surface area contributed by atoms with Gasteiger partial charge in [0.15, 0.2) is 0 Å². The Labute approximate surface area is 97.5 Å². The first-order chi connectivity index (χ1) is 8.15. The van der Waals surface area contributed by atoms with Crippen molar-refractivity contribution < 1.29 is 13.6 Å². The number of benzene rings is 1. The number of nitrogens with zero attached hydrogens (tertiary/aromatic N) is 1. The van der Waals surface area contributed by atoms with Crippen molar-refractivity contribution in [3.63, 3.8) is 0 Å². The zero-order valence-corrected chi connectivity index (χ0v) is 9.24. The molecule has 88 valence electrons. The number of hydrogen-bond acceptors (Lipinski definition) is 3. The van der Waals surface area contributed by atoms with E-state index in [1.54, 1.807) is 19.1 Å². The summed E-state index contributed by atoms with van der Waals surface area (Å²) in [5.41, 5.74) is 0.808. The molecule has 5 heteroatoms. The van der Waals surface area contributed by atoms with Gasteiger partial charge in [0.05, 0.1) is 6.20 Å². The van der Waals surface area contributed by atoms with Gasteiger partial charge in [-0.1, -0.05) is 12.1 Å². The fourth-order valence-corrected chi connectivity index (χ4v) is 1.32. The number of oxazole rings is 1. The van der Waals surface area contributed by atoms with Gasteiger partial charge in [0.2, 0.25) is 0 Å². The molecule has 0 saturated carbocycles. The summed E-state index contributed by atoms with van der Waals surface area (Å²) >= 11 is 0. The summed E-state index contributed by atoms with van der Waals surface area (Å²) in [6.45, 7) is 2.02. The minimum atomic E-state index is -0.387. The number of aromatic nitrogens is 1. The molecule has 1 heterocycles. The highest BCUT2D eigenvalue weighted by Gasteiger charge is 2.10. The third kappa shape index (κ3) is 2.90. The molecule has 17 heavy (non-hydrogen) atoms. The van der Waals surface area contributed by atoms with Gasteiger partial charge in [0.1, 0.15) is 11.6 Å². The number of aryl methyl sites for hydroxylation is 1. The molecule has 1 N–H and O–H groups in total. The Balaban J connectivity index is 1.94. The highest BCUT2D eigenvalue weighted by molar-refractivity contribution is 5.89. The van der Waals surface area contributed by atoms with Crippen molar-refractivity contribution in [2.24, 2.45) is 0 Å². The fraction of sp³-hybridized carbons (Fsp3) is 0.167. The molecule has 0 atom stereocenters. The van der Waals surface area contributed by atoms with E-state index in [1.807, 2.05) is 0 Å². The lowest BCUT2D eigenvalue weighted by molar-refractivity contribution is 0.0915. The van der Waals surface area contributed by atoms with Crippen molar-refractivity contribution in [1.82, 2.24) is 10.3 Å². The predicted molar refractivity (Wildman–Crippen MR) is 58.8 cm³/mol. The first kappa shape index (κ1) is 11.3. The third-order valence-electron chi connectivity index (χ3n) is 2.18. The minimum Gasteiger partial charge on any atom is -0.438 e. The maximum Gasteiger partial charge on any atom is 0.307 e. The topological polar surface area (TPSA) is 55.1 Å². The van der Waals surface area contributed by atoms with E-state index in [-0.39, 0.29) is 17.6 Å². The van der Waals surface area contributed by atoms with Crippen LogP contribution in [0.25, 0.3) is 0 Å². The Morgan fingerprint density at radius 2 is 2.12 bits per heavy atom. The van der Waals surface area contributed by atoms with E-state index in [1.165, 1.54) is 18.3 Å². The van der Waals surface area contributed by atoms with Crippen LogP contribution in [-0.4, -0.2) is 10.9 Å². The van der Waals surface area contributed by atoms with Crippen molar-refractivity contribution >= 4 is 5.91 Å². The van der Waals surface area contributed by atoms with E-state index in [0.717, 1.165) is 5.56 Å². The van der Waals surface area contributed by atoms with Crippen LogP contribution >= 0.6 is 0 Å². The second-order valence-corrected chi connectivity index (χ2v) is 3.59. The van der Waals surface area contributed by atoms with Crippen LogP contribution in [0.5, 0.6) is 0 Å². The number of carbonyl (C=O) groups excluding carboxylic acids is 1. The molecular formula is C12H11FN2O2. The quantitative estimate of drug-likeness (QED) is 0.884. The standard InChI is InChI=1S/C12H11FN2O2/c1-8-6-15-12(17-8)11(16)14-7-9-2-4-10(13)5-3-9/h2-6H,7H2,1H3,(H,14,16). The van der Waals surface area contributed by atoms with E-state index < -0.39 is 0 Å². The highest BCUT2D eigenvalue weighted by atomic mass is 19.1. The smallest absolute Gasteiger partial charge is 0.307 e. The molecule has 0 aliphatic carbocycles. The van der Waals surface area contributed by atoms with Crippen molar-refractivity contribution in [2.75, 3.05) is 0 Å². The molecule has 1 aromatic heterocycles.